The van der Waals surface area contributed by atoms with Crippen LogP contribution in [0.5, 0.6) is 0 Å². The first kappa shape index (κ1) is 12.1. The smallest absolute Gasteiger partial charge is 0.271 e. The maximum Gasteiger partial charge on any atom is 0.271 e. The number of aromatic amines is 1. The van der Waals surface area contributed by atoms with E-state index in [1.54, 1.807) is 0 Å². The molecule has 0 amide bonds. The van der Waals surface area contributed by atoms with E-state index >= 15 is 0 Å². The Kier molecular flexibility index (Phi) is 4.17. The minimum atomic E-state index is -0.315. The Bertz CT molecular complexity index is 469. The van der Waals surface area contributed by atoms with E-state index in [1.807, 2.05) is 0 Å². The molecule has 0 unspecified atom stereocenters. The highest BCUT2D eigenvalue weighted by Crippen LogP contribution is 2.14. The molecule has 5 nitrogen and oxygen atoms in total. The Hall–Kier alpha value is -1.33. The van der Waals surface area contributed by atoms with Crippen LogP contribution in [0.3, 0.4) is 0 Å². The standard InChI is InChI=1S/C11H15ClN4O/c12-9-10(15-7-16-11(9)17)14-6-3-8-1-4-13-5-2-8/h1,7,13H,2-6H2,(H2,14,15,16,17). The van der Waals surface area contributed by atoms with Crippen molar-refractivity contribution in [1.82, 2.24) is 15.3 Å². The molecule has 92 valence electrons. The Morgan fingerprint density at radius 1 is 1.53 bits per heavy atom. The van der Waals surface area contributed by atoms with Crippen molar-refractivity contribution in [2.45, 2.75) is 12.8 Å². The molecule has 0 spiro atoms. The Morgan fingerprint density at radius 2 is 2.41 bits per heavy atom. The topological polar surface area (TPSA) is 69.8 Å². The van der Waals surface area contributed by atoms with E-state index in [4.69, 9.17) is 11.6 Å². The molecule has 0 aromatic carbocycles. The zero-order valence-corrected chi connectivity index (χ0v) is 10.2. The van der Waals surface area contributed by atoms with Crippen molar-refractivity contribution >= 4 is 17.4 Å². The molecule has 0 fully saturated rings. The molecule has 1 aliphatic rings. The van der Waals surface area contributed by atoms with E-state index in [0.717, 1.165) is 32.5 Å². The van der Waals surface area contributed by atoms with Crippen molar-refractivity contribution in [3.8, 4) is 0 Å². The fourth-order valence-corrected chi connectivity index (χ4v) is 1.91. The van der Waals surface area contributed by atoms with Crippen LogP contribution < -0.4 is 16.2 Å². The average Bonchev–Trinajstić information content (AvgIpc) is 2.36. The second-order valence-corrected chi connectivity index (χ2v) is 4.27. The van der Waals surface area contributed by atoms with Gasteiger partial charge in [0.05, 0.1) is 6.33 Å². The molecule has 17 heavy (non-hydrogen) atoms. The Balaban J connectivity index is 1.87. The van der Waals surface area contributed by atoms with E-state index in [1.165, 1.54) is 11.9 Å². The summed E-state index contributed by atoms with van der Waals surface area (Å²) in [5.41, 5.74) is 1.11. The minimum absolute atomic E-state index is 0.117. The molecule has 0 bridgehead atoms. The summed E-state index contributed by atoms with van der Waals surface area (Å²) in [6.07, 6.45) is 5.59. The average molecular weight is 255 g/mol. The molecule has 0 aliphatic carbocycles. The fourth-order valence-electron chi connectivity index (χ4n) is 1.74. The van der Waals surface area contributed by atoms with E-state index in [-0.39, 0.29) is 10.6 Å². The van der Waals surface area contributed by atoms with Gasteiger partial charge in [0.15, 0.2) is 5.82 Å². The first-order valence-electron chi connectivity index (χ1n) is 5.63. The van der Waals surface area contributed by atoms with Crippen LogP contribution in [0.25, 0.3) is 0 Å². The molecular formula is C11H15ClN4O. The van der Waals surface area contributed by atoms with Crippen molar-refractivity contribution in [2.24, 2.45) is 0 Å². The Morgan fingerprint density at radius 3 is 3.18 bits per heavy atom. The summed E-state index contributed by atoms with van der Waals surface area (Å²) in [4.78, 5) is 17.6. The maximum atomic E-state index is 11.2. The monoisotopic (exact) mass is 254 g/mol. The second-order valence-electron chi connectivity index (χ2n) is 3.89. The molecule has 0 saturated carbocycles. The number of halogens is 1. The van der Waals surface area contributed by atoms with E-state index in [9.17, 15) is 4.79 Å². The third-order valence-corrected chi connectivity index (χ3v) is 3.04. The second kappa shape index (κ2) is 5.84. The summed E-state index contributed by atoms with van der Waals surface area (Å²) in [5.74, 6) is 0.449. The van der Waals surface area contributed by atoms with Gasteiger partial charge in [-0.05, 0) is 19.4 Å². The highest BCUT2D eigenvalue weighted by atomic mass is 35.5. The normalized spacial score (nSPS) is 15.5. The first-order valence-corrected chi connectivity index (χ1v) is 6.01. The van der Waals surface area contributed by atoms with Crippen LogP contribution in [0.2, 0.25) is 5.02 Å². The van der Waals surface area contributed by atoms with Crippen LogP contribution in [-0.4, -0.2) is 29.6 Å². The summed E-state index contributed by atoms with van der Waals surface area (Å²) in [5, 5.41) is 6.46. The van der Waals surface area contributed by atoms with Gasteiger partial charge in [-0.25, -0.2) is 4.98 Å². The van der Waals surface area contributed by atoms with Gasteiger partial charge in [0.1, 0.15) is 5.02 Å². The molecular weight excluding hydrogens is 240 g/mol. The van der Waals surface area contributed by atoms with Crippen molar-refractivity contribution in [1.29, 1.82) is 0 Å². The molecule has 0 saturated heterocycles. The third kappa shape index (κ3) is 3.31. The number of aromatic nitrogens is 2. The van der Waals surface area contributed by atoms with Gasteiger partial charge >= 0.3 is 0 Å². The van der Waals surface area contributed by atoms with Gasteiger partial charge < -0.3 is 15.6 Å². The molecule has 6 heteroatoms. The zero-order chi connectivity index (χ0) is 12.1. The number of anilines is 1. The van der Waals surface area contributed by atoms with Crippen molar-refractivity contribution < 1.29 is 0 Å². The first-order chi connectivity index (χ1) is 8.27. The number of nitrogens with one attached hydrogen (secondary N) is 3. The molecule has 3 N–H and O–H groups in total. The number of rotatable bonds is 4. The molecule has 0 atom stereocenters. The lowest BCUT2D eigenvalue weighted by molar-refractivity contribution is 0.683. The predicted octanol–water partition coefficient (Wildman–Crippen LogP) is 1.14. The minimum Gasteiger partial charge on any atom is -0.368 e. The lowest BCUT2D eigenvalue weighted by Gasteiger charge is -2.14. The number of nitrogens with zero attached hydrogens (tertiary/aromatic N) is 1. The highest BCUT2D eigenvalue weighted by Gasteiger charge is 2.06. The molecule has 2 heterocycles. The zero-order valence-electron chi connectivity index (χ0n) is 9.42. The van der Waals surface area contributed by atoms with Crippen LogP contribution in [-0.2, 0) is 0 Å². The van der Waals surface area contributed by atoms with Gasteiger partial charge in [-0.2, -0.15) is 0 Å². The summed E-state index contributed by atoms with van der Waals surface area (Å²) < 4.78 is 0. The number of hydrogen-bond acceptors (Lipinski definition) is 4. The fraction of sp³-hybridized carbons (Fsp3) is 0.455. The van der Waals surface area contributed by atoms with Crippen LogP contribution in [0.1, 0.15) is 12.8 Å². The summed E-state index contributed by atoms with van der Waals surface area (Å²) in [6, 6.07) is 0. The van der Waals surface area contributed by atoms with Gasteiger partial charge in [-0.3, -0.25) is 4.79 Å². The van der Waals surface area contributed by atoms with Crippen LogP contribution >= 0.6 is 11.6 Å². The van der Waals surface area contributed by atoms with Crippen molar-refractivity contribution in [2.75, 3.05) is 25.0 Å². The molecule has 1 aliphatic heterocycles. The maximum absolute atomic E-state index is 11.2. The summed E-state index contributed by atoms with van der Waals surface area (Å²) in [6.45, 7) is 2.72. The quantitative estimate of drug-likeness (QED) is 0.705. The van der Waals surface area contributed by atoms with E-state index in [2.05, 4.69) is 26.7 Å². The third-order valence-electron chi connectivity index (χ3n) is 2.69. The lowest BCUT2D eigenvalue weighted by Crippen LogP contribution is -2.21. The molecule has 0 radical (unpaired) electrons. The molecule has 1 aromatic rings. The van der Waals surface area contributed by atoms with Gasteiger partial charge in [0, 0.05) is 13.1 Å². The lowest BCUT2D eigenvalue weighted by atomic mass is 10.1. The van der Waals surface area contributed by atoms with Crippen LogP contribution in [0.15, 0.2) is 22.8 Å². The SMILES string of the molecule is O=c1[nH]cnc(NCCC2=CCNCC2)c1Cl. The highest BCUT2D eigenvalue weighted by molar-refractivity contribution is 6.32. The number of hydrogen-bond donors (Lipinski definition) is 3. The molecule has 2 rings (SSSR count). The number of H-pyrrole nitrogens is 1. The van der Waals surface area contributed by atoms with Gasteiger partial charge in [-0.1, -0.05) is 23.3 Å². The largest absolute Gasteiger partial charge is 0.368 e. The summed E-state index contributed by atoms with van der Waals surface area (Å²) in [7, 11) is 0. The van der Waals surface area contributed by atoms with Crippen molar-refractivity contribution in [3.63, 3.8) is 0 Å². The van der Waals surface area contributed by atoms with Gasteiger partial charge in [0.25, 0.3) is 5.56 Å². The van der Waals surface area contributed by atoms with Crippen molar-refractivity contribution in [3.05, 3.63) is 33.4 Å². The van der Waals surface area contributed by atoms with Crippen LogP contribution in [0.4, 0.5) is 5.82 Å². The van der Waals surface area contributed by atoms with Gasteiger partial charge in [0.2, 0.25) is 0 Å². The molecule has 1 aromatic heterocycles. The van der Waals surface area contributed by atoms with Crippen LogP contribution in [0, 0.1) is 0 Å². The Labute approximate surface area is 104 Å². The summed E-state index contributed by atoms with van der Waals surface area (Å²) >= 11 is 5.82. The van der Waals surface area contributed by atoms with E-state index < -0.39 is 0 Å². The van der Waals surface area contributed by atoms with Gasteiger partial charge in [-0.15, -0.1) is 0 Å². The van der Waals surface area contributed by atoms with E-state index in [0.29, 0.717) is 5.82 Å². The predicted molar refractivity (Wildman–Crippen MR) is 68.5 cm³/mol.